The molecule has 234 valence electrons. The molecule has 4 rings (SSSR count). The first kappa shape index (κ1) is 32.7. The fourth-order valence-electron chi connectivity index (χ4n) is 5.41. The van der Waals surface area contributed by atoms with Gasteiger partial charge < -0.3 is 9.64 Å². The highest BCUT2D eigenvalue weighted by molar-refractivity contribution is 5.91. The number of nitrogens with one attached hydrogen (secondary N) is 1. The van der Waals surface area contributed by atoms with Crippen LogP contribution < -0.4 is 5.43 Å². The fraction of sp³-hybridized carbons (Fsp3) is 0.417. The minimum absolute atomic E-state index is 0.238. The fourth-order valence-corrected chi connectivity index (χ4v) is 5.41. The molecule has 1 aliphatic heterocycles. The standard InChI is InChI=1S/C36H46N4O4/c1-36(2,3)44-35(43)39(5)32(26-28-19-21-30(22-20-28)29-17-11-7-12-18-29)34(42)38(4)31(25-27-15-9-6-10-16-27)33(41)37-40-23-13-8-14-24-40/h6-7,9-12,15-22,31-32H,8,13-14,23-26H2,1-5H3,(H,37,41). The summed E-state index contributed by atoms with van der Waals surface area (Å²) in [5.41, 5.74) is 6.33. The summed E-state index contributed by atoms with van der Waals surface area (Å²) in [7, 11) is 3.24. The van der Waals surface area contributed by atoms with Crippen LogP contribution in [0.1, 0.15) is 51.2 Å². The van der Waals surface area contributed by atoms with Gasteiger partial charge in [-0.05, 0) is 55.9 Å². The van der Waals surface area contributed by atoms with E-state index in [0.29, 0.717) is 6.42 Å². The molecule has 1 fully saturated rings. The topological polar surface area (TPSA) is 82.2 Å². The smallest absolute Gasteiger partial charge is 0.410 e. The van der Waals surface area contributed by atoms with E-state index < -0.39 is 23.8 Å². The Labute approximate surface area is 262 Å². The van der Waals surface area contributed by atoms with Gasteiger partial charge in [-0.3, -0.25) is 19.9 Å². The van der Waals surface area contributed by atoms with Gasteiger partial charge in [0.25, 0.3) is 5.91 Å². The number of nitrogens with zero attached hydrogens (tertiary/aromatic N) is 3. The number of carbonyl (C=O) groups is 3. The Morgan fingerprint density at radius 1 is 0.727 bits per heavy atom. The van der Waals surface area contributed by atoms with Crippen molar-refractivity contribution in [2.45, 2.75) is 70.6 Å². The molecule has 2 atom stereocenters. The quantitative estimate of drug-likeness (QED) is 0.323. The zero-order valence-corrected chi connectivity index (χ0v) is 26.7. The van der Waals surface area contributed by atoms with Crippen molar-refractivity contribution >= 4 is 17.9 Å². The molecule has 1 saturated heterocycles. The summed E-state index contributed by atoms with van der Waals surface area (Å²) in [6.07, 6.45) is 3.19. The SMILES string of the molecule is CN(C(=O)OC(C)(C)C)C(Cc1ccc(-c2ccccc2)cc1)C(=O)N(C)C(Cc1ccccc1)C(=O)NN1CCCCC1. The Morgan fingerprint density at radius 2 is 1.25 bits per heavy atom. The summed E-state index contributed by atoms with van der Waals surface area (Å²) in [4.78, 5) is 44.2. The summed E-state index contributed by atoms with van der Waals surface area (Å²) >= 11 is 0. The molecule has 0 aromatic heterocycles. The minimum atomic E-state index is -0.890. The lowest BCUT2D eigenvalue weighted by Gasteiger charge is -2.36. The molecule has 1 heterocycles. The first-order valence-electron chi connectivity index (χ1n) is 15.5. The van der Waals surface area contributed by atoms with E-state index in [-0.39, 0.29) is 18.2 Å². The van der Waals surface area contributed by atoms with E-state index in [0.717, 1.165) is 54.6 Å². The van der Waals surface area contributed by atoms with Crippen LogP contribution in [0.25, 0.3) is 11.1 Å². The first-order valence-corrected chi connectivity index (χ1v) is 15.5. The number of piperidine rings is 1. The van der Waals surface area contributed by atoms with Crippen LogP contribution in [0, 0.1) is 0 Å². The second-order valence-corrected chi connectivity index (χ2v) is 12.6. The van der Waals surface area contributed by atoms with E-state index in [1.807, 2.05) is 89.9 Å². The Balaban J connectivity index is 1.61. The van der Waals surface area contributed by atoms with Gasteiger partial charge in [0.2, 0.25) is 5.91 Å². The number of rotatable bonds is 10. The molecule has 8 heteroatoms. The van der Waals surface area contributed by atoms with Gasteiger partial charge in [-0.15, -0.1) is 0 Å². The Bertz CT molecular complexity index is 1370. The molecular formula is C36H46N4O4. The molecular weight excluding hydrogens is 552 g/mol. The molecule has 3 aromatic carbocycles. The third-order valence-corrected chi connectivity index (χ3v) is 7.94. The first-order chi connectivity index (χ1) is 21.0. The van der Waals surface area contributed by atoms with Crippen molar-refractivity contribution in [3.63, 3.8) is 0 Å². The van der Waals surface area contributed by atoms with Crippen LogP contribution in [0.15, 0.2) is 84.9 Å². The van der Waals surface area contributed by atoms with Gasteiger partial charge >= 0.3 is 6.09 Å². The van der Waals surface area contributed by atoms with Crippen molar-refractivity contribution < 1.29 is 19.1 Å². The zero-order valence-electron chi connectivity index (χ0n) is 26.7. The van der Waals surface area contributed by atoms with Crippen LogP contribution in [-0.4, -0.2) is 77.6 Å². The van der Waals surface area contributed by atoms with Gasteiger partial charge in [0.05, 0.1) is 0 Å². The average molecular weight is 599 g/mol. The maximum atomic E-state index is 14.4. The number of likely N-dealkylation sites (N-methyl/N-ethyl adjacent to an activating group) is 2. The van der Waals surface area contributed by atoms with Crippen molar-refractivity contribution in [3.05, 3.63) is 96.1 Å². The van der Waals surface area contributed by atoms with E-state index in [4.69, 9.17) is 4.74 Å². The van der Waals surface area contributed by atoms with Gasteiger partial charge in [0, 0.05) is 40.0 Å². The average Bonchev–Trinajstić information content (AvgIpc) is 3.02. The molecule has 0 aliphatic carbocycles. The second kappa shape index (κ2) is 15.0. The van der Waals surface area contributed by atoms with Crippen molar-refractivity contribution in [2.24, 2.45) is 0 Å². The van der Waals surface area contributed by atoms with Gasteiger partial charge in [-0.2, -0.15) is 0 Å². The van der Waals surface area contributed by atoms with Crippen LogP contribution in [0.4, 0.5) is 4.79 Å². The van der Waals surface area contributed by atoms with Crippen LogP contribution >= 0.6 is 0 Å². The predicted molar refractivity (Wildman–Crippen MR) is 174 cm³/mol. The lowest BCUT2D eigenvalue weighted by Crippen LogP contribution is -2.58. The van der Waals surface area contributed by atoms with Crippen molar-refractivity contribution in [3.8, 4) is 11.1 Å². The molecule has 3 aromatic rings. The van der Waals surface area contributed by atoms with E-state index in [1.165, 1.54) is 9.80 Å². The lowest BCUT2D eigenvalue weighted by atomic mass is 9.98. The summed E-state index contributed by atoms with van der Waals surface area (Å²) < 4.78 is 5.66. The molecule has 0 spiro atoms. The number of benzene rings is 3. The van der Waals surface area contributed by atoms with Gasteiger partial charge in [0.15, 0.2) is 0 Å². The molecule has 0 radical (unpaired) electrons. The van der Waals surface area contributed by atoms with Gasteiger partial charge in [-0.25, -0.2) is 9.80 Å². The number of hydrogen-bond acceptors (Lipinski definition) is 5. The highest BCUT2D eigenvalue weighted by Gasteiger charge is 2.37. The van der Waals surface area contributed by atoms with E-state index in [9.17, 15) is 14.4 Å². The number of hydrogen-bond donors (Lipinski definition) is 1. The second-order valence-electron chi connectivity index (χ2n) is 12.6. The molecule has 1 N–H and O–H groups in total. The van der Waals surface area contributed by atoms with E-state index in [1.54, 1.807) is 34.9 Å². The number of hydrazine groups is 1. The maximum absolute atomic E-state index is 14.4. The van der Waals surface area contributed by atoms with Crippen LogP contribution in [-0.2, 0) is 27.2 Å². The van der Waals surface area contributed by atoms with Crippen LogP contribution in [0.3, 0.4) is 0 Å². The molecule has 1 aliphatic rings. The predicted octanol–water partition coefficient (Wildman–Crippen LogP) is 5.72. The van der Waals surface area contributed by atoms with Crippen molar-refractivity contribution in [1.82, 2.24) is 20.2 Å². The van der Waals surface area contributed by atoms with Crippen LogP contribution in [0.5, 0.6) is 0 Å². The molecule has 0 bridgehead atoms. The lowest BCUT2D eigenvalue weighted by molar-refractivity contribution is -0.144. The van der Waals surface area contributed by atoms with Crippen LogP contribution in [0.2, 0.25) is 0 Å². The Kier molecular flexibility index (Phi) is 11.2. The van der Waals surface area contributed by atoms with Gasteiger partial charge in [0.1, 0.15) is 17.7 Å². The van der Waals surface area contributed by atoms with Crippen molar-refractivity contribution in [1.29, 1.82) is 0 Å². The largest absolute Gasteiger partial charge is 0.444 e. The minimum Gasteiger partial charge on any atom is -0.444 e. The Hall–Kier alpha value is -4.17. The molecule has 3 amide bonds. The Morgan fingerprint density at radius 3 is 1.84 bits per heavy atom. The van der Waals surface area contributed by atoms with Crippen molar-refractivity contribution in [2.75, 3.05) is 27.2 Å². The molecule has 2 unspecified atom stereocenters. The van der Waals surface area contributed by atoms with E-state index in [2.05, 4.69) is 5.43 Å². The summed E-state index contributed by atoms with van der Waals surface area (Å²) in [6.45, 7) is 6.95. The summed E-state index contributed by atoms with van der Waals surface area (Å²) in [5.74, 6) is -0.572. The molecule has 8 nitrogen and oxygen atoms in total. The monoisotopic (exact) mass is 598 g/mol. The molecule has 44 heavy (non-hydrogen) atoms. The van der Waals surface area contributed by atoms with Gasteiger partial charge in [-0.1, -0.05) is 91.3 Å². The third-order valence-electron chi connectivity index (χ3n) is 7.94. The highest BCUT2D eigenvalue weighted by atomic mass is 16.6. The number of ether oxygens (including phenoxy) is 1. The maximum Gasteiger partial charge on any atom is 0.410 e. The zero-order chi connectivity index (χ0) is 31.7. The summed E-state index contributed by atoms with van der Waals surface area (Å²) in [6, 6.07) is 26.1. The van der Waals surface area contributed by atoms with E-state index >= 15 is 0 Å². The number of amides is 3. The number of carbonyl (C=O) groups excluding carboxylic acids is 3. The summed E-state index contributed by atoms with van der Waals surface area (Å²) in [5, 5.41) is 1.95. The molecule has 0 saturated carbocycles. The highest BCUT2D eigenvalue weighted by Crippen LogP contribution is 2.22. The normalized spacial score (nSPS) is 15.1. The third kappa shape index (κ3) is 9.16.